The van der Waals surface area contributed by atoms with E-state index in [0.717, 1.165) is 11.0 Å². The van der Waals surface area contributed by atoms with Crippen LogP contribution in [0.25, 0.3) is 5.76 Å². The molecule has 1 unspecified atom stereocenters. The number of Topliss-reactive ketones (excluding diaryl/α,β-unsaturated/α-hetero) is 1. The highest BCUT2D eigenvalue weighted by Gasteiger charge is 2.47. The number of nitrogens with zero attached hydrogens (tertiary/aromatic N) is 1. The van der Waals surface area contributed by atoms with E-state index >= 15 is 0 Å². The largest absolute Gasteiger partial charge is 0.507 e. The molecule has 0 aromatic heterocycles. The second kappa shape index (κ2) is 9.37. The average Bonchev–Trinajstić information content (AvgIpc) is 3.09. The van der Waals surface area contributed by atoms with Gasteiger partial charge in [-0.2, -0.15) is 0 Å². The number of ketones is 1. The van der Waals surface area contributed by atoms with E-state index in [1.807, 2.05) is 0 Å². The molecule has 6 nitrogen and oxygen atoms in total. The van der Waals surface area contributed by atoms with Crippen LogP contribution in [-0.2, 0) is 9.59 Å². The highest BCUT2D eigenvalue weighted by molar-refractivity contribution is 6.51. The quantitative estimate of drug-likeness (QED) is 0.272. The van der Waals surface area contributed by atoms with Crippen LogP contribution in [0.1, 0.15) is 17.2 Å². The van der Waals surface area contributed by atoms with Gasteiger partial charge < -0.3 is 14.6 Å². The lowest BCUT2D eigenvalue weighted by Gasteiger charge is -2.25. The molecule has 1 aliphatic rings. The zero-order chi connectivity index (χ0) is 24.6. The summed E-state index contributed by atoms with van der Waals surface area (Å²) >= 11 is 12.3. The van der Waals surface area contributed by atoms with E-state index in [9.17, 15) is 19.1 Å². The first-order valence-corrected chi connectivity index (χ1v) is 10.8. The molecular weight excluding hydrogens is 484 g/mol. The molecule has 1 N–H and O–H groups in total. The molecule has 0 radical (unpaired) electrons. The Hall–Kier alpha value is -3.55. The van der Waals surface area contributed by atoms with Crippen LogP contribution in [0.15, 0.2) is 66.2 Å². The molecule has 9 heteroatoms. The van der Waals surface area contributed by atoms with E-state index < -0.39 is 29.3 Å². The monoisotopic (exact) mass is 501 g/mol. The number of ether oxygens (including phenoxy) is 2. The number of hydrogen-bond acceptors (Lipinski definition) is 5. The summed E-state index contributed by atoms with van der Waals surface area (Å²) in [5.41, 5.74) is 0.509. The van der Waals surface area contributed by atoms with Crippen molar-refractivity contribution in [3.63, 3.8) is 0 Å². The van der Waals surface area contributed by atoms with Gasteiger partial charge in [-0.25, -0.2) is 4.39 Å². The SMILES string of the molecule is COc1cc(OC)c(/C(O)=C2\C(=O)C(=O)N(c3cccc(F)c3)C2c2ccc(Cl)cc2)cc1Cl. The van der Waals surface area contributed by atoms with Crippen LogP contribution in [0.4, 0.5) is 10.1 Å². The molecular formula is C25H18Cl2FNO5. The van der Waals surface area contributed by atoms with Crippen LogP contribution in [0.3, 0.4) is 0 Å². The molecule has 1 atom stereocenters. The van der Waals surface area contributed by atoms with Crippen molar-refractivity contribution >= 4 is 46.3 Å². The van der Waals surface area contributed by atoms with Gasteiger partial charge in [0.2, 0.25) is 0 Å². The summed E-state index contributed by atoms with van der Waals surface area (Å²) in [6, 6.07) is 13.5. The summed E-state index contributed by atoms with van der Waals surface area (Å²) in [5, 5.41) is 11.9. The van der Waals surface area contributed by atoms with Crippen LogP contribution < -0.4 is 14.4 Å². The maximum Gasteiger partial charge on any atom is 0.300 e. The predicted octanol–water partition coefficient (Wildman–Crippen LogP) is 5.78. The van der Waals surface area contributed by atoms with Crippen molar-refractivity contribution in [2.45, 2.75) is 6.04 Å². The molecule has 1 fully saturated rings. The smallest absolute Gasteiger partial charge is 0.300 e. The van der Waals surface area contributed by atoms with E-state index in [2.05, 4.69) is 0 Å². The summed E-state index contributed by atoms with van der Waals surface area (Å²) < 4.78 is 24.6. The minimum atomic E-state index is -1.07. The Morgan fingerprint density at radius 2 is 1.65 bits per heavy atom. The van der Waals surface area contributed by atoms with Crippen molar-refractivity contribution in [3.05, 3.63) is 93.2 Å². The molecule has 4 rings (SSSR count). The van der Waals surface area contributed by atoms with Crippen LogP contribution in [0, 0.1) is 5.82 Å². The summed E-state index contributed by atoms with van der Waals surface area (Å²) in [5.74, 6) is -2.49. The number of aliphatic hydroxyl groups is 1. The molecule has 3 aromatic rings. The molecule has 1 heterocycles. The third-order valence-electron chi connectivity index (χ3n) is 5.45. The lowest BCUT2D eigenvalue weighted by atomic mass is 9.94. The van der Waals surface area contributed by atoms with Gasteiger partial charge in [-0.3, -0.25) is 14.5 Å². The van der Waals surface area contributed by atoms with Gasteiger partial charge in [0, 0.05) is 16.8 Å². The van der Waals surface area contributed by atoms with E-state index in [4.69, 9.17) is 32.7 Å². The normalized spacial score (nSPS) is 17.2. The summed E-state index contributed by atoms with van der Waals surface area (Å²) in [6.45, 7) is 0. The number of methoxy groups -OCH3 is 2. The van der Waals surface area contributed by atoms with Gasteiger partial charge in [-0.1, -0.05) is 41.4 Å². The number of benzene rings is 3. The fourth-order valence-electron chi connectivity index (χ4n) is 3.88. The number of aliphatic hydroxyl groups excluding tert-OH is 1. The van der Waals surface area contributed by atoms with E-state index in [1.54, 1.807) is 24.3 Å². The molecule has 0 saturated carbocycles. The van der Waals surface area contributed by atoms with Gasteiger partial charge in [0.05, 0.1) is 36.4 Å². The van der Waals surface area contributed by atoms with Gasteiger partial charge in [-0.15, -0.1) is 0 Å². The Labute approximate surface area is 204 Å². The second-order valence-electron chi connectivity index (χ2n) is 7.39. The maximum absolute atomic E-state index is 14.0. The van der Waals surface area contributed by atoms with E-state index in [0.29, 0.717) is 16.3 Å². The Bertz CT molecular complexity index is 1320. The average molecular weight is 502 g/mol. The van der Waals surface area contributed by atoms with Crippen molar-refractivity contribution in [1.29, 1.82) is 0 Å². The lowest BCUT2D eigenvalue weighted by molar-refractivity contribution is -0.132. The standard InChI is InChI=1S/C25H18Cl2FNO5/c1-33-19-12-20(34-2)18(27)11-17(19)23(30)21-22(13-6-8-14(26)9-7-13)29(25(32)24(21)31)16-5-3-4-15(28)10-16/h3-12,22,30H,1-2H3/b23-21+. The Kier molecular flexibility index (Phi) is 6.50. The van der Waals surface area contributed by atoms with Gasteiger partial charge in [0.1, 0.15) is 23.1 Å². The lowest BCUT2D eigenvalue weighted by Crippen LogP contribution is -2.29. The molecule has 0 spiro atoms. The Morgan fingerprint density at radius 3 is 2.26 bits per heavy atom. The molecule has 1 aliphatic heterocycles. The van der Waals surface area contributed by atoms with Crippen molar-refractivity contribution in [2.75, 3.05) is 19.1 Å². The first kappa shape index (κ1) is 23.6. The van der Waals surface area contributed by atoms with Crippen molar-refractivity contribution in [1.82, 2.24) is 0 Å². The number of amides is 1. The molecule has 34 heavy (non-hydrogen) atoms. The van der Waals surface area contributed by atoms with E-state index in [1.165, 1.54) is 44.6 Å². The van der Waals surface area contributed by atoms with Gasteiger partial charge >= 0.3 is 0 Å². The molecule has 1 amide bonds. The number of carbonyl (C=O) groups is 2. The first-order valence-electron chi connectivity index (χ1n) is 10.0. The van der Waals surface area contributed by atoms with Crippen molar-refractivity contribution in [2.24, 2.45) is 0 Å². The van der Waals surface area contributed by atoms with Gasteiger partial charge in [0.15, 0.2) is 0 Å². The first-order chi connectivity index (χ1) is 16.3. The third-order valence-corrected chi connectivity index (χ3v) is 5.99. The number of halogens is 3. The highest BCUT2D eigenvalue weighted by atomic mass is 35.5. The van der Waals surface area contributed by atoms with Crippen molar-refractivity contribution in [3.8, 4) is 11.5 Å². The minimum Gasteiger partial charge on any atom is -0.507 e. The molecule has 1 saturated heterocycles. The summed E-state index contributed by atoms with van der Waals surface area (Å²) in [4.78, 5) is 27.5. The van der Waals surface area contributed by atoms with Gasteiger partial charge in [0.25, 0.3) is 11.7 Å². The summed E-state index contributed by atoms with van der Waals surface area (Å²) in [7, 11) is 2.80. The molecule has 0 bridgehead atoms. The molecule has 174 valence electrons. The van der Waals surface area contributed by atoms with E-state index in [-0.39, 0.29) is 27.6 Å². The highest BCUT2D eigenvalue weighted by Crippen LogP contribution is 2.44. The zero-order valence-electron chi connectivity index (χ0n) is 18.0. The Balaban J connectivity index is 1.99. The predicted molar refractivity (Wildman–Crippen MR) is 127 cm³/mol. The van der Waals surface area contributed by atoms with Crippen LogP contribution in [0.2, 0.25) is 10.0 Å². The number of carbonyl (C=O) groups excluding carboxylic acids is 2. The third kappa shape index (κ3) is 4.08. The number of anilines is 1. The number of hydrogen-bond donors (Lipinski definition) is 1. The zero-order valence-corrected chi connectivity index (χ0v) is 19.5. The maximum atomic E-state index is 14.0. The van der Waals surface area contributed by atoms with Gasteiger partial charge in [-0.05, 0) is 42.0 Å². The second-order valence-corrected chi connectivity index (χ2v) is 8.23. The summed E-state index contributed by atoms with van der Waals surface area (Å²) in [6.07, 6.45) is 0. The van der Waals surface area contributed by atoms with Crippen molar-refractivity contribution < 1.29 is 28.6 Å². The fourth-order valence-corrected chi connectivity index (χ4v) is 4.24. The number of rotatable bonds is 5. The topological polar surface area (TPSA) is 76.1 Å². The van der Waals surface area contributed by atoms with Crippen LogP contribution >= 0.6 is 23.2 Å². The Morgan fingerprint density at radius 1 is 0.971 bits per heavy atom. The molecule has 0 aliphatic carbocycles. The fraction of sp³-hybridized carbons (Fsp3) is 0.120. The van der Waals surface area contributed by atoms with Crippen LogP contribution in [0.5, 0.6) is 11.5 Å². The minimum absolute atomic E-state index is 0.0875. The molecule has 3 aromatic carbocycles. The van der Waals surface area contributed by atoms with Crippen LogP contribution in [-0.4, -0.2) is 31.0 Å².